The van der Waals surface area contributed by atoms with Crippen LogP contribution in [0.25, 0.3) is 10.9 Å². The van der Waals surface area contributed by atoms with E-state index in [1.165, 1.54) is 19.2 Å². The van der Waals surface area contributed by atoms with Gasteiger partial charge >= 0.3 is 24.5 Å². The Morgan fingerprint density at radius 2 is 2.00 bits per heavy atom. The highest BCUT2D eigenvalue weighted by Crippen LogP contribution is 2.40. The van der Waals surface area contributed by atoms with Crippen molar-refractivity contribution in [3.63, 3.8) is 0 Å². The molecule has 2 aliphatic rings. The third-order valence-corrected chi connectivity index (χ3v) is 5.28. The van der Waals surface area contributed by atoms with Crippen LogP contribution < -0.4 is 25.4 Å². The molecule has 2 atom stereocenters. The zero-order valence-electron chi connectivity index (χ0n) is 15.9. The normalized spacial score (nSPS) is 20.7. The van der Waals surface area contributed by atoms with Crippen LogP contribution in [0.4, 0.5) is 23.2 Å². The molecule has 0 saturated carbocycles. The van der Waals surface area contributed by atoms with Crippen molar-refractivity contribution in [3.05, 3.63) is 34.1 Å². The van der Waals surface area contributed by atoms with Gasteiger partial charge < -0.3 is 20.1 Å². The molecule has 0 radical (unpaired) electrons. The molecular weight excluding hydrogens is 428 g/mol. The average Bonchev–Trinajstić information content (AvgIpc) is 3.14. The monoisotopic (exact) mass is 444 g/mol. The second-order valence-corrected chi connectivity index (χ2v) is 7.22. The summed E-state index contributed by atoms with van der Waals surface area (Å²) in [5, 5.41) is 12.1. The number of rotatable bonds is 3. The Balaban J connectivity index is 1.76. The van der Waals surface area contributed by atoms with E-state index in [9.17, 15) is 37.1 Å². The van der Waals surface area contributed by atoms with Gasteiger partial charge in [0.1, 0.15) is 11.1 Å². The fourth-order valence-electron chi connectivity index (χ4n) is 3.76. The molecule has 31 heavy (non-hydrogen) atoms. The van der Waals surface area contributed by atoms with Crippen LogP contribution in [0.5, 0.6) is 5.75 Å². The molecule has 0 bridgehead atoms. The molecule has 1 saturated heterocycles. The number of halogens is 4. The molecule has 13 heteroatoms. The number of nitrogens with one attached hydrogen (secondary N) is 1. The van der Waals surface area contributed by atoms with Gasteiger partial charge in [-0.25, -0.2) is 9.80 Å². The number of alkyl halides is 4. The molecule has 1 amide bonds. The minimum atomic E-state index is -5.00. The smallest absolute Gasteiger partial charge is 0.471 e. The quantitative estimate of drug-likeness (QED) is 0.541. The predicted molar refractivity (Wildman–Crippen MR) is 99.6 cm³/mol. The molecule has 2 N–H and O–H groups in total. The van der Waals surface area contributed by atoms with Crippen molar-refractivity contribution in [2.45, 2.75) is 25.1 Å². The number of benzene rings is 1. The Kier molecular flexibility index (Phi) is 4.70. The molecule has 4 rings (SSSR count). The molecule has 0 spiro atoms. The predicted octanol–water partition coefficient (Wildman–Crippen LogP) is 1.17. The fourth-order valence-corrected chi connectivity index (χ4v) is 3.76. The summed E-state index contributed by atoms with van der Waals surface area (Å²) in [5.41, 5.74) is -0.893. The van der Waals surface area contributed by atoms with Gasteiger partial charge in [-0.2, -0.15) is 17.6 Å². The summed E-state index contributed by atoms with van der Waals surface area (Å²) in [6.07, 6.45) is -3.80. The number of ether oxygens (including phenoxy) is 1. The molecule has 166 valence electrons. The maximum atomic E-state index is 14.5. The lowest BCUT2D eigenvalue weighted by molar-refractivity contribution is -0.174. The highest BCUT2D eigenvalue weighted by molar-refractivity contribution is 5.97. The summed E-state index contributed by atoms with van der Waals surface area (Å²) in [5.74, 6) is -3.56. The van der Waals surface area contributed by atoms with Crippen LogP contribution in [0.3, 0.4) is 0 Å². The first-order chi connectivity index (χ1) is 14.5. The summed E-state index contributed by atoms with van der Waals surface area (Å²) in [7, 11) is 1.30. The molecule has 1 aromatic heterocycles. The fraction of sp³-hybridized carbons (Fsp3) is 0.389. The zero-order valence-corrected chi connectivity index (χ0v) is 15.9. The van der Waals surface area contributed by atoms with Crippen molar-refractivity contribution >= 4 is 28.5 Å². The van der Waals surface area contributed by atoms with Gasteiger partial charge in [-0.15, -0.1) is 0 Å². The lowest BCUT2D eigenvalue weighted by atomic mass is 10.1. The van der Waals surface area contributed by atoms with Crippen LogP contribution in [-0.2, 0) is 4.79 Å². The summed E-state index contributed by atoms with van der Waals surface area (Å²) >= 11 is 0. The number of hydrogen-bond acceptors (Lipinski definition) is 6. The average molecular weight is 444 g/mol. The van der Waals surface area contributed by atoms with E-state index in [-0.39, 0.29) is 36.2 Å². The van der Waals surface area contributed by atoms with E-state index in [0.717, 1.165) is 15.9 Å². The van der Waals surface area contributed by atoms with E-state index in [2.05, 4.69) is 0 Å². The summed E-state index contributed by atoms with van der Waals surface area (Å²) in [6, 6.07) is 1.98. The number of amides is 1. The number of aromatic nitrogens is 1. The van der Waals surface area contributed by atoms with Gasteiger partial charge in [0.25, 0.3) is 0 Å². The van der Waals surface area contributed by atoms with Crippen LogP contribution >= 0.6 is 0 Å². The topological polar surface area (TPSA) is 104 Å². The highest BCUT2D eigenvalue weighted by atomic mass is 19.4. The second kappa shape index (κ2) is 7.03. The third-order valence-electron chi connectivity index (χ3n) is 5.28. The third kappa shape index (κ3) is 3.39. The Morgan fingerprint density at radius 3 is 2.65 bits per heavy atom. The van der Waals surface area contributed by atoms with Gasteiger partial charge in [0, 0.05) is 32.4 Å². The Hall–Kier alpha value is -3.51. The number of carbonyl (C=O) groups excluding carboxylic acids is 1. The van der Waals surface area contributed by atoms with Gasteiger partial charge in [0.2, 0.25) is 5.43 Å². The van der Waals surface area contributed by atoms with E-state index < -0.39 is 41.6 Å². The largest absolute Gasteiger partial charge is 0.477 e. The van der Waals surface area contributed by atoms with Gasteiger partial charge in [-0.05, 0) is 18.6 Å². The molecule has 1 aromatic carbocycles. The highest BCUT2D eigenvalue weighted by Gasteiger charge is 2.41. The first-order valence-corrected chi connectivity index (χ1v) is 9.11. The number of carboxylic acid groups (broad SMARTS) is 1. The SMILES string of the molecule is CN1C(F)Oc2c(N3CC[C@H](NC(=O)C(F)(F)F)C3)ccc3c(=O)c(C(=O)O)cn1c23. The zero-order chi connectivity index (χ0) is 22.7. The van der Waals surface area contributed by atoms with Crippen molar-refractivity contribution in [2.24, 2.45) is 0 Å². The van der Waals surface area contributed by atoms with Crippen LogP contribution in [-0.4, -0.2) is 60.5 Å². The molecule has 3 heterocycles. The maximum Gasteiger partial charge on any atom is 0.471 e. The van der Waals surface area contributed by atoms with Crippen molar-refractivity contribution in [2.75, 3.05) is 30.0 Å². The number of carbonyl (C=O) groups is 2. The summed E-state index contributed by atoms with van der Waals surface area (Å²) < 4.78 is 58.5. The molecule has 1 fully saturated rings. The number of nitrogens with zero attached hydrogens (tertiary/aromatic N) is 3. The number of aromatic carboxylic acids is 1. The Morgan fingerprint density at radius 1 is 1.29 bits per heavy atom. The van der Waals surface area contributed by atoms with Crippen LogP contribution in [0, 0.1) is 0 Å². The van der Waals surface area contributed by atoms with Gasteiger partial charge in [-0.3, -0.25) is 14.3 Å². The number of hydrogen-bond donors (Lipinski definition) is 2. The minimum Gasteiger partial charge on any atom is -0.477 e. The Bertz CT molecular complexity index is 1150. The molecule has 0 aliphatic carbocycles. The standard InChI is InChI=1S/C18H16F4N4O5/c1-24-17(19)31-14-11(25-5-4-8(6-25)23-16(30)18(20,21)22)3-2-9-12(14)26(24)7-10(13(9)27)15(28)29/h2-3,7-8,17H,4-6H2,1H3,(H,23,30)(H,28,29)/t8-,17?/m0/s1. The summed E-state index contributed by atoms with van der Waals surface area (Å²) in [6.45, 7) is -1.76. The lowest BCUT2D eigenvalue weighted by Crippen LogP contribution is -2.46. The van der Waals surface area contributed by atoms with E-state index in [1.54, 1.807) is 4.90 Å². The summed E-state index contributed by atoms with van der Waals surface area (Å²) in [4.78, 5) is 36.8. The van der Waals surface area contributed by atoms with Crippen LogP contribution in [0.1, 0.15) is 16.8 Å². The first kappa shape index (κ1) is 20.8. The van der Waals surface area contributed by atoms with Crippen molar-refractivity contribution in [1.82, 2.24) is 9.99 Å². The number of anilines is 1. The van der Waals surface area contributed by atoms with Gasteiger partial charge in [-0.1, -0.05) is 0 Å². The van der Waals surface area contributed by atoms with E-state index >= 15 is 0 Å². The molecule has 1 unspecified atom stereocenters. The molecule has 2 aromatic rings. The Labute approximate surface area is 171 Å². The van der Waals surface area contributed by atoms with Crippen LogP contribution in [0.2, 0.25) is 0 Å². The minimum absolute atomic E-state index is 0.00786. The lowest BCUT2D eigenvalue weighted by Gasteiger charge is -2.35. The van der Waals surface area contributed by atoms with Gasteiger partial charge in [0.15, 0.2) is 5.75 Å². The van der Waals surface area contributed by atoms with Crippen LogP contribution in [0.15, 0.2) is 23.1 Å². The maximum absolute atomic E-state index is 14.5. The van der Waals surface area contributed by atoms with E-state index in [1.807, 2.05) is 5.32 Å². The van der Waals surface area contributed by atoms with E-state index in [4.69, 9.17) is 4.74 Å². The van der Waals surface area contributed by atoms with Crippen molar-refractivity contribution < 1.29 is 37.0 Å². The molecular formula is C18H16F4N4O5. The van der Waals surface area contributed by atoms with Crippen molar-refractivity contribution in [3.8, 4) is 5.75 Å². The number of pyridine rings is 1. The number of carboxylic acids is 1. The van der Waals surface area contributed by atoms with E-state index in [0.29, 0.717) is 5.69 Å². The molecule has 9 nitrogen and oxygen atoms in total. The van der Waals surface area contributed by atoms with Gasteiger partial charge in [0.05, 0.1) is 11.1 Å². The first-order valence-electron chi connectivity index (χ1n) is 9.11. The second-order valence-electron chi connectivity index (χ2n) is 7.22. The van der Waals surface area contributed by atoms with Crippen molar-refractivity contribution in [1.29, 1.82) is 0 Å². The molecule has 2 aliphatic heterocycles.